The highest BCUT2D eigenvalue weighted by atomic mass is 19.4. The summed E-state index contributed by atoms with van der Waals surface area (Å²) < 4.78 is 40.1. The molecule has 1 unspecified atom stereocenters. The van der Waals surface area contributed by atoms with Crippen LogP contribution in [0.5, 0.6) is 0 Å². The second kappa shape index (κ2) is 6.23. The highest BCUT2D eigenvalue weighted by Crippen LogP contribution is 2.42. The van der Waals surface area contributed by atoms with Crippen LogP contribution in [0.25, 0.3) is 5.57 Å². The van der Waals surface area contributed by atoms with Crippen molar-refractivity contribution in [3.8, 4) is 0 Å². The molecule has 0 aliphatic carbocycles. The zero-order valence-electron chi connectivity index (χ0n) is 13.6. The minimum absolute atomic E-state index is 0.151. The van der Waals surface area contributed by atoms with Gasteiger partial charge in [-0.25, -0.2) is 4.79 Å². The number of hydrogen-bond acceptors (Lipinski definition) is 4. The lowest BCUT2D eigenvalue weighted by Crippen LogP contribution is -2.38. The molecule has 9 heteroatoms. The number of carbonyl (C=O) groups is 1. The van der Waals surface area contributed by atoms with Crippen LogP contribution in [0.3, 0.4) is 0 Å². The number of aliphatic carboxylic acids is 1. The summed E-state index contributed by atoms with van der Waals surface area (Å²) in [7, 11) is 1.46. The first-order valence-electron chi connectivity index (χ1n) is 7.21. The first-order chi connectivity index (χ1) is 11.5. The molecule has 0 bridgehead atoms. The summed E-state index contributed by atoms with van der Waals surface area (Å²) in [5.41, 5.74) is -3.08. The van der Waals surface area contributed by atoms with Crippen molar-refractivity contribution in [3.63, 3.8) is 0 Å². The van der Waals surface area contributed by atoms with Gasteiger partial charge >= 0.3 is 12.1 Å². The molecule has 6 nitrogen and oxygen atoms in total. The lowest BCUT2D eigenvalue weighted by atomic mass is 9.86. The summed E-state index contributed by atoms with van der Waals surface area (Å²) >= 11 is 0. The van der Waals surface area contributed by atoms with Crippen LogP contribution in [0, 0.1) is 10.1 Å². The van der Waals surface area contributed by atoms with Crippen LogP contribution in [0.1, 0.15) is 25.0 Å². The highest BCUT2D eigenvalue weighted by molar-refractivity contribution is 6.07. The van der Waals surface area contributed by atoms with E-state index in [1.807, 2.05) is 0 Å². The van der Waals surface area contributed by atoms with Gasteiger partial charge in [-0.15, -0.1) is 0 Å². The Balaban J connectivity index is 2.96. The normalized spacial score (nSPS) is 18.6. The second-order valence-corrected chi connectivity index (χ2v) is 5.61. The van der Waals surface area contributed by atoms with E-state index in [-0.39, 0.29) is 5.70 Å². The second-order valence-electron chi connectivity index (χ2n) is 5.61. The standard InChI is InChI=1S/C16H15F3N2O4/c1-8-12(15(22)23)13(14(21(24)25)9(2)20(8)3)10-6-4-5-7-11(10)16(17,18)19/h4-7,9H,1-3H3,(H,22,23). The van der Waals surface area contributed by atoms with Crippen LogP contribution in [-0.2, 0) is 11.0 Å². The lowest BCUT2D eigenvalue weighted by Gasteiger charge is -2.33. The van der Waals surface area contributed by atoms with Crippen LogP contribution in [0.2, 0.25) is 0 Å². The molecule has 1 aromatic carbocycles. The van der Waals surface area contributed by atoms with Crippen LogP contribution >= 0.6 is 0 Å². The Morgan fingerprint density at radius 1 is 1.32 bits per heavy atom. The summed E-state index contributed by atoms with van der Waals surface area (Å²) in [5.74, 6) is -1.53. The maximum Gasteiger partial charge on any atom is 0.417 e. The fourth-order valence-corrected chi connectivity index (χ4v) is 2.89. The zero-order chi connectivity index (χ0) is 19.1. The molecule has 0 saturated carbocycles. The molecular weight excluding hydrogens is 341 g/mol. The van der Waals surface area contributed by atoms with Crippen LogP contribution in [0.4, 0.5) is 13.2 Å². The minimum Gasteiger partial charge on any atom is -0.478 e. The summed E-state index contributed by atoms with van der Waals surface area (Å²) in [4.78, 5) is 23.8. The average molecular weight is 356 g/mol. The molecule has 1 aromatic rings. The maximum atomic E-state index is 13.4. The van der Waals surface area contributed by atoms with E-state index in [1.165, 1.54) is 31.9 Å². The van der Waals surface area contributed by atoms with Crippen molar-refractivity contribution in [1.82, 2.24) is 4.90 Å². The van der Waals surface area contributed by atoms with E-state index in [0.29, 0.717) is 0 Å². The van der Waals surface area contributed by atoms with Crippen molar-refractivity contribution in [3.05, 3.63) is 62.5 Å². The van der Waals surface area contributed by atoms with Crippen LogP contribution in [-0.4, -0.2) is 34.0 Å². The van der Waals surface area contributed by atoms with Gasteiger partial charge in [0.15, 0.2) is 0 Å². The number of nitro groups is 1. The number of alkyl halides is 3. The largest absolute Gasteiger partial charge is 0.478 e. The van der Waals surface area contributed by atoms with Crippen molar-refractivity contribution < 1.29 is 28.0 Å². The van der Waals surface area contributed by atoms with Gasteiger partial charge in [0.05, 0.1) is 21.6 Å². The number of benzene rings is 1. The molecule has 0 fully saturated rings. The molecule has 1 aliphatic rings. The summed E-state index contributed by atoms with van der Waals surface area (Å²) in [5, 5.41) is 21.1. The number of carboxylic acid groups (broad SMARTS) is 1. The van der Waals surface area contributed by atoms with Crippen molar-refractivity contribution in [2.45, 2.75) is 26.1 Å². The highest BCUT2D eigenvalue weighted by Gasteiger charge is 2.43. The summed E-state index contributed by atoms with van der Waals surface area (Å²) in [6.45, 7) is 2.85. The molecule has 0 spiro atoms. The molecule has 1 aliphatic heterocycles. The Kier molecular flexibility index (Phi) is 4.61. The number of nitrogens with zero attached hydrogens (tertiary/aromatic N) is 2. The topological polar surface area (TPSA) is 83.7 Å². The molecule has 0 saturated heterocycles. The van der Waals surface area contributed by atoms with Gasteiger partial charge in [-0.05, 0) is 19.9 Å². The van der Waals surface area contributed by atoms with Crippen molar-refractivity contribution in [2.24, 2.45) is 0 Å². The maximum absolute atomic E-state index is 13.4. The van der Waals surface area contributed by atoms with E-state index in [1.54, 1.807) is 0 Å². The van der Waals surface area contributed by atoms with E-state index >= 15 is 0 Å². The Morgan fingerprint density at radius 3 is 2.36 bits per heavy atom. The minimum atomic E-state index is -4.78. The third-order valence-corrected chi connectivity index (χ3v) is 4.29. The number of hydrogen-bond donors (Lipinski definition) is 1. The summed E-state index contributed by atoms with van der Waals surface area (Å²) in [6, 6.07) is 3.36. The van der Waals surface area contributed by atoms with Crippen LogP contribution < -0.4 is 0 Å². The van der Waals surface area contributed by atoms with Gasteiger partial charge in [-0.1, -0.05) is 18.2 Å². The third-order valence-electron chi connectivity index (χ3n) is 4.29. The third kappa shape index (κ3) is 3.09. The molecule has 1 N–H and O–H groups in total. The monoisotopic (exact) mass is 356 g/mol. The predicted octanol–water partition coefficient (Wildman–Crippen LogP) is 3.39. The molecule has 1 atom stereocenters. The van der Waals surface area contributed by atoms with Gasteiger partial charge in [0, 0.05) is 18.3 Å². The van der Waals surface area contributed by atoms with Gasteiger partial charge in [0.1, 0.15) is 6.04 Å². The molecule has 0 amide bonds. The average Bonchev–Trinajstić information content (AvgIpc) is 2.50. The van der Waals surface area contributed by atoms with Crippen molar-refractivity contribution in [1.29, 1.82) is 0 Å². The van der Waals surface area contributed by atoms with E-state index in [0.717, 1.165) is 18.2 Å². The fraction of sp³-hybridized carbons (Fsp3) is 0.312. The number of rotatable bonds is 3. The number of likely N-dealkylation sites (N-methyl/N-ethyl adjacent to an activating group) is 1. The van der Waals surface area contributed by atoms with Gasteiger partial charge in [0.25, 0.3) is 5.70 Å². The number of halogens is 3. The van der Waals surface area contributed by atoms with Gasteiger partial charge in [-0.2, -0.15) is 13.2 Å². The van der Waals surface area contributed by atoms with E-state index < -0.39 is 51.1 Å². The van der Waals surface area contributed by atoms with E-state index in [9.17, 15) is 33.2 Å². The predicted molar refractivity (Wildman–Crippen MR) is 82.9 cm³/mol. The number of carboxylic acids is 1. The Hall–Kier alpha value is -2.84. The smallest absolute Gasteiger partial charge is 0.417 e. The van der Waals surface area contributed by atoms with E-state index in [2.05, 4.69) is 0 Å². The quantitative estimate of drug-likeness (QED) is 0.663. The van der Waals surface area contributed by atoms with Crippen molar-refractivity contribution >= 4 is 11.5 Å². The summed E-state index contributed by atoms with van der Waals surface area (Å²) in [6.07, 6.45) is -4.78. The first kappa shape index (κ1) is 18.5. The van der Waals surface area contributed by atoms with Gasteiger partial charge in [0.2, 0.25) is 0 Å². The Morgan fingerprint density at radius 2 is 1.88 bits per heavy atom. The van der Waals surface area contributed by atoms with E-state index in [4.69, 9.17) is 0 Å². The molecule has 134 valence electrons. The Bertz CT molecular complexity index is 812. The molecule has 25 heavy (non-hydrogen) atoms. The lowest BCUT2D eigenvalue weighted by molar-refractivity contribution is -0.431. The fourth-order valence-electron chi connectivity index (χ4n) is 2.89. The Labute approximate surface area is 141 Å². The SMILES string of the molecule is CC1=C(C(=O)O)C(c2ccccc2C(F)(F)F)=C([N+](=O)[O-])C(C)N1C. The molecular formula is C16H15F3N2O4. The van der Waals surface area contributed by atoms with Gasteiger partial charge in [-0.3, -0.25) is 10.1 Å². The van der Waals surface area contributed by atoms with Crippen molar-refractivity contribution in [2.75, 3.05) is 7.05 Å². The molecule has 0 aromatic heterocycles. The first-order valence-corrected chi connectivity index (χ1v) is 7.21. The number of allylic oxidation sites excluding steroid dienone is 1. The zero-order valence-corrected chi connectivity index (χ0v) is 13.6. The molecule has 2 rings (SSSR count). The van der Waals surface area contributed by atoms with Crippen LogP contribution in [0.15, 0.2) is 41.2 Å². The van der Waals surface area contributed by atoms with Gasteiger partial charge < -0.3 is 10.0 Å². The molecule has 1 heterocycles. The molecule has 0 radical (unpaired) electrons.